The fourth-order valence-corrected chi connectivity index (χ4v) is 4.40. The summed E-state index contributed by atoms with van der Waals surface area (Å²) in [6, 6.07) is 6.15. The lowest BCUT2D eigenvalue weighted by Gasteiger charge is -2.03. The molecule has 3 aromatic rings. The first kappa shape index (κ1) is 17.8. The van der Waals surface area contributed by atoms with Crippen molar-refractivity contribution in [1.82, 2.24) is 4.57 Å². The highest BCUT2D eigenvalue weighted by Crippen LogP contribution is 2.32. The van der Waals surface area contributed by atoms with E-state index in [0.29, 0.717) is 26.9 Å². The lowest BCUT2D eigenvalue weighted by molar-refractivity contribution is -0.380. The number of thiazole rings is 1. The van der Waals surface area contributed by atoms with Gasteiger partial charge in [-0.1, -0.05) is 52.0 Å². The Balaban J connectivity index is 2.16. The third-order valence-electron chi connectivity index (χ3n) is 3.23. The number of carbonyl (C=O) groups is 1. The molecule has 1 amide bonds. The minimum Gasteiger partial charge on any atom is -0.311 e. The summed E-state index contributed by atoms with van der Waals surface area (Å²) >= 11 is 14.4. The second-order valence-electron chi connectivity index (χ2n) is 4.80. The van der Waals surface area contributed by atoms with Crippen molar-refractivity contribution >= 4 is 67.0 Å². The Bertz CT molecular complexity index is 1080. The van der Waals surface area contributed by atoms with E-state index in [0.717, 1.165) is 16.0 Å². The number of rotatable bonds is 4. The third kappa shape index (κ3) is 3.38. The van der Waals surface area contributed by atoms with Gasteiger partial charge < -0.3 is 4.57 Å². The molecule has 0 bridgehead atoms. The molecule has 0 N–H and O–H groups in total. The molecular formula is C15H9Cl2N3O3S2. The van der Waals surface area contributed by atoms with Gasteiger partial charge in [-0.2, -0.15) is 4.99 Å². The van der Waals surface area contributed by atoms with Gasteiger partial charge in [-0.25, -0.2) is 0 Å². The van der Waals surface area contributed by atoms with E-state index in [4.69, 9.17) is 23.2 Å². The van der Waals surface area contributed by atoms with Crippen LogP contribution in [0.4, 0.5) is 5.00 Å². The highest BCUT2D eigenvalue weighted by atomic mass is 35.5. The summed E-state index contributed by atoms with van der Waals surface area (Å²) in [5.41, 5.74) is 0.669. The van der Waals surface area contributed by atoms with Crippen LogP contribution < -0.4 is 4.80 Å². The van der Waals surface area contributed by atoms with Crippen molar-refractivity contribution in [1.29, 1.82) is 0 Å². The van der Waals surface area contributed by atoms with Gasteiger partial charge in [-0.05, 0) is 18.2 Å². The van der Waals surface area contributed by atoms with Crippen molar-refractivity contribution in [3.8, 4) is 0 Å². The lowest BCUT2D eigenvalue weighted by atomic mass is 10.3. The minimum absolute atomic E-state index is 0.108. The average Bonchev–Trinajstić information content (AvgIpc) is 3.18. The minimum atomic E-state index is -0.551. The van der Waals surface area contributed by atoms with Crippen LogP contribution in [0, 0.1) is 10.1 Å². The first-order valence-corrected chi connectivity index (χ1v) is 9.22. The molecule has 1 aromatic carbocycles. The van der Waals surface area contributed by atoms with E-state index in [1.165, 1.54) is 23.5 Å². The number of aromatic nitrogens is 1. The largest absolute Gasteiger partial charge is 0.324 e. The maximum Gasteiger partial charge on any atom is 0.324 e. The molecule has 10 heteroatoms. The molecule has 128 valence electrons. The van der Waals surface area contributed by atoms with E-state index < -0.39 is 10.8 Å². The first-order valence-electron chi connectivity index (χ1n) is 6.84. The van der Waals surface area contributed by atoms with E-state index >= 15 is 0 Å². The fourth-order valence-electron chi connectivity index (χ4n) is 2.17. The second kappa shape index (κ2) is 7.09. The Morgan fingerprint density at radius 2 is 2.08 bits per heavy atom. The van der Waals surface area contributed by atoms with Crippen LogP contribution in [0.3, 0.4) is 0 Å². The van der Waals surface area contributed by atoms with Gasteiger partial charge in [0.1, 0.15) is 4.88 Å². The monoisotopic (exact) mass is 413 g/mol. The summed E-state index contributed by atoms with van der Waals surface area (Å²) in [4.78, 5) is 27.3. The van der Waals surface area contributed by atoms with Crippen molar-refractivity contribution in [2.75, 3.05) is 0 Å². The van der Waals surface area contributed by atoms with Crippen molar-refractivity contribution in [3.63, 3.8) is 0 Å². The van der Waals surface area contributed by atoms with Crippen molar-refractivity contribution in [2.45, 2.75) is 6.54 Å². The van der Waals surface area contributed by atoms with Gasteiger partial charge in [0, 0.05) is 12.6 Å². The summed E-state index contributed by atoms with van der Waals surface area (Å²) < 4.78 is 2.56. The van der Waals surface area contributed by atoms with Gasteiger partial charge >= 0.3 is 5.00 Å². The lowest BCUT2D eigenvalue weighted by Crippen LogP contribution is -2.16. The molecule has 0 fully saturated rings. The Morgan fingerprint density at radius 3 is 2.72 bits per heavy atom. The molecule has 3 rings (SSSR count). The second-order valence-corrected chi connectivity index (χ2v) is 7.66. The van der Waals surface area contributed by atoms with E-state index in [1.54, 1.807) is 22.8 Å². The molecule has 0 saturated carbocycles. The van der Waals surface area contributed by atoms with Gasteiger partial charge in [-0.3, -0.25) is 14.9 Å². The smallest absolute Gasteiger partial charge is 0.311 e. The van der Waals surface area contributed by atoms with Crippen molar-refractivity contribution in [3.05, 3.63) is 66.8 Å². The van der Waals surface area contributed by atoms with Gasteiger partial charge in [0.25, 0.3) is 5.91 Å². The van der Waals surface area contributed by atoms with E-state index in [9.17, 15) is 14.9 Å². The summed E-state index contributed by atoms with van der Waals surface area (Å²) in [7, 11) is 0. The normalized spacial score (nSPS) is 11.8. The Kier molecular flexibility index (Phi) is 5.05. The van der Waals surface area contributed by atoms with Crippen LogP contribution >= 0.6 is 45.9 Å². The first-order chi connectivity index (χ1) is 11.9. The Morgan fingerprint density at radius 1 is 1.32 bits per heavy atom. The Labute approximate surface area is 159 Å². The average molecular weight is 414 g/mol. The molecule has 0 radical (unpaired) electrons. The van der Waals surface area contributed by atoms with Crippen molar-refractivity contribution in [2.24, 2.45) is 4.99 Å². The number of nitro groups is 1. The van der Waals surface area contributed by atoms with E-state index in [1.807, 2.05) is 0 Å². The highest BCUT2D eigenvalue weighted by molar-refractivity contribution is 7.17. The summed E-state index contributed by atoms with van der Waals surface area (Å²) in [5.74, 6) is -0.551. The number of carbonyl (C=O) groups excluding carboxylic acids is 1. The standard InChI is InChI=1S/C15H9Cl2N3O3S2/c1-2-7-19-13-9(4-3-8(16)12(13)17)25-15(19)18-14(21)10-5-6-11(24-10)20(22)23/h2-6H,1,7H2. The van der Waals surface area contributed by atoms with Gasteiger partial charge in [0.05, 0.1) is 25.2 Å². The number of hydrogen-bond acceptors (Lipinski definition) is 5. The van der Waals surface area contributed by atoms with Gasteiger partial charge in [0.15, 0.2) is 4.80 Å². The SMILES string of the molecule is C=CCn1c(=NC(=O)c2ccc([N+](=O)[O-])s2)sc2ccc(Cl)c(Cl)c21. The van der Waals surface area contributed by atoms with Crippen LogP contribution in [0.15, 0.2) is 41.9 Å². The Hall–Kier alpha value is -2.00. The number of amides is 1. The zero-order valence-corrected chi connectivity index (χ0v) is 15.6. The molecule has 2 aromatic heterocycles. The topological polar surface area (TPSA) is 77.5 Å². The molecule has 0 unspecified atom stereocenters. The number of fused-ring (bicyclic) bond motifs is 1. The van der Waals surface area contributed by atoms with Crippen LogP contribution in [-0.4, -0.2) is 15.4 Å². The van der Waals surface area contributed by atoms with E-state index in [-0.39, 0.29) is 9.88 Å². The number of thiophene rings is 1. The molecule has 0 atom stereocenters. The highest BCUT2D eigenvalue weighted by Gasteiger charge is 2.16. The molecule has 6 nitrogen and oxygen atoms in total. The summed E-state index contributed by atoms with van der Waals surface area (Å²) in [5, 5.41) is 11.4. The number of allylic oxidation sites excluding steroid dienone is 1. The van der Waals surface area contributed by atoms with Gasteiger partial charge in [-0.15, -0.1) is 6.58 Å². The van der Waals surface area contributed by atoms with Crippen LogP contribution in [0.2, 0.25) is 10.0 Å². The molecule has 25 heavy (non-hydrogen) atoms. The molecule has 0 aliphatic carbocycles. The van der Waals surface area contributed by atoms with Crippen molar-refractivity contribution < 1.29 is 9.72 Å². The maximum absolute atomic E-state index is 12.4. The van der Waals surface area contributed by atoms with Crippen LogP contribution in [0.1, 0.15) is 9.67 Å². The van der Waals surface area contributed by atoms with Crippen LogP contribution in [0.5, 0.6) is 0 Å². The molecule has 0 aliphatic rings. The summed E-state index contributed by atoms with van der Waals surface area (Å²) in [6.07, 6.45) is 1.66. The molecular weight excluding hydrogens is 405 g/mol. The molecule has 0 aliphatic heterocycles. The predicted octanol–water partition coefficient (Wildman–Crippen LogP) is 4.91. The number of halogens is 2. The van der Waals surface area contributed by atoms with Crippen LogP contribution in [-0.2, 0) is 6.54 Å². The zero-order valence-electron chi connectivity index (χ0n) is 12.4. The quantitative estimate of drug-likeness (QED) is 0.346. The maximum atomic E-state index is 12.4. The van der Waals surface area contributed by atoms with Crippen LogP contribution in [0.25, 0.3) is 10.2 Å². The number of benzene rings is 1. The number of nitrogens with zero attached hydrogens (tertiary/aromatic N) is 3. The number of hydrogen-bond donors (Lipinski definition) is 0. The summed E-state index contributed by atoms with van der Waals surface area (Å²) in [6.45, 7) is 4.09. The molecule has 0 saturated heterocycles. The van der Waals surface area contributed by atoms with Gasteiger partial charge in [0.2, 0.25) is 0 Å². The molecule has 2 heterocycles. The zero-order chi connectivity index (χ0) is 18.1. The fraction of sp³-hybridized carbons (Fsp3) is 0.0667. The predicted molar refractivity (Wildman–Crippen MR) is 101 cm³/mol. The third-order valence-corrected chi connectivity index (χ3v) is 6.09. The van der Waals surface area contributed by atoms with E-state index in [2.05, 4.69) is 11.6 Å². The molecule has 0 spiro atoms.